The lowest BCUT2D eigenvalue weighted by atomic mass is 9.99. The second-order valence-electron chi connectivity index (χ2n) is 6.54. The number of fused-ring (bicyclic) bond motifs is 6. The first-order chi connectivity index (χ1) is 11.8. The minimum absolute atomic E-state index is 0.152. The van der Waals surface area contributed by atoms with E-state index in [0.29, 0.717) is 6.42 Å². The fourth-order valence-electron chi connectivity index (χ4n) is 4.19. The van der Waals surface area contributed by atoms with Gasteiger partial charge in [-0.15, -0.1) is 0 Å². The summed E-state index contributed by atoms with van der Waals surface area (Å²) in [4.78, 5) is 19.0. The standard InChI is InChI=1S/C18H18N4O2/c1-2-18(23)21-11-5-6-14(21)12-10-19-17-9-13(16-4-3-7-24-16)20-22(17)15(12)8-11/h3-4,7,9-11,14H,2,5-6,8H2,1H3/t11-,14+/m0/s1. The molecule has 0 aliphatic carbocycles. The minimum atomic E-state index is 0.152. The van der Waals surface area contributed by atoms with Gasteiger partial charge in [0.05, 0.1) is 18.0 Å². The Kier molecular flexibility index (Phi) is 2.83. The van der Waals surface area contributed by atoms with Crippen molar-refractivity contribution in [3.8, 4) is 11.5 Å². The first-order valence-electron chi connectivity index (χ1n) is 8.49. The number of rotatable bonds is 2. The molecule has 122 valence electrons. The van der Waals surface area contributed by atoms with Crippen LogP contribution in [0.2, 0.25) is 0 Å². The Balaban J connectivity index is 1.65. The Morgan fingerprint density at radius 2 is 2.33 bits per heavy atom. The molecule has 2 bridgehead atoms. The van der Waals surface area contributed by atoms with Crippen molar-refractivity contribution in [2.75, 3.05) is 0 Å². The van der Waals surface area contributed by atoms with Gasteiger partial charge in [0.1, 0.15) is 5.69 Å². The van der Waals surface area contributed by atoms with Crippen LogP contribution in [-0.2, 0) is 11.2 Å². The zero-order chi connectivity index (χ0) is 16.3. The molecule has 3 aromatic rings. The number of furan rings is 1. The van der Waals surface area contributed by atoms with Crippen LogP contribution in [0.25, 0.3) is 17.1 Å². The molecule has 0 N–H and O–H groups in total. The molecule has 2 aliphatic heterocycles. The first-order valence-corrected chi connectivity index (χ1v) is 8.49. The third-order valence-electron chi connectivity index (χ3n) is 5.27. The Bertz CT molecular complexity index is 928. The quantitative estimate of drug-likeness (QED) is 0.727. The van der Waals surface area contributed by atoms with E-state index in [1.54, 1.807) is 6.26 Å². The van der Waals surface area contributed by atoms with E-state index in [-0.39, 0.29) is 18.0 Å². The van der Waals surface area contributed by atoms with Crippen molar-refractivity contribution in [1.82, 2.24) is 19.5 Å². The molecule has 2 atom stereocenters. The number of nitrogens with zero attached hydrogens (tertiary/aromatic N) is 4. The van der Waals surface area contributed by atoms with Gasteiger partial charge in [-0.3, -0.25) is 4.79 Å². The summed E-state index contributed by atoms with van der Waals surface area (Å²) in [5.74, 6) is 0.987. The van der Waals surface area contributed by atoms with Crippen molar-refractivity contribution in [2.45, 2.75) is 44.7 Å². The van der Waals surface area contributed by atoms with Gasteiger partial charge in [-0.1, -0.05) is 6.92 Å². The number of aromatic nitrogens is 3. The van der Waals surface area contributed by atoms with E-state index in [4.69, 9.17) is 9.52 Å². The summed E-state index contributed by atoms with van der Waals surface area (Å²) in [6, 6.07) is 6.15. The van der Waals surface area contributed by atoms with Gasteiger partial charge in [0.25, 0.3) is 0 Å². The summed E-state index contributed by atoms with van der Waals surface area (Å²) >= 11 is 0. The van der Waals surface area contributed by atoms with Gasteiger partial charge in [-0.25, -0.2) is 9.50 Å². The molecule has 0 saturated carbocycles. The topological polar surface area (TPSA) is 63.6 Å². The smallest absolute Gasteiger partial charge is 0.223 e. The molecule has 0 spiro atoms. The predicted octanol–water partition coefficient (Wildman–Crippen LogP) is 2.99. The number of amides is 1. The van der Waals surface area contributed by atoms with Crippen molar-refractivity contribution in [3.63, 3.8) is 0 Å². The molecule has 0 unspecified atom stereocenters. The molecule has 1 saturated heterocycles. The summed E-state index contributed by atoms with van der Waals surface area (Å²) in [5, 5.41) is 4.71. The Morgan fingerprint density at radius 1 is 1.42 bits per heavy atom. The normalized spacial score (nSPS) is 22.1. The molecular weight excluding hydrogens is 304 g/mol. The van der Waals surface area contributed by atoms with Crippen LogP contribution < -0.4 is 0 Å². The van der Waals surface area contributed by atoms with Crippen LogP contribution in [0, 0.1) is 0 Å². The van der Waals surface area contributed by atoms with Gasteiger partial charge in [0, 0.05) is 36.7 Å². The van der Waals surface area contributed by atoms with Crippen LogP contribution >= 0.6 is 0 Å². The van der Waals surface area contributed by atoms with E-state index in [2.05, 4.69) is 9.88 Å². The number of hydrogen-bond donors (Lipinski definition) is 0. The number of carbonyl (C=O) groups is 1. The minimum Gasteiger partial charge on any atom is -0.463 e. The van der Waals surface area contributed by atoms with Crippen molar-refractivity contribution in [3.05, 3.63) is 41.9 Å². The fraction of sp³-hybridized carbons (Fsp3) is 0.389. The van der Waals surface area contributed by atoms with Crippen LogP contribution in [-0.4, -0.2) is 31.4 Å². The van der Waals surface area contributed by atoms with Crippen LogP contribution in [0.15, 0.2) is 35.1 Å². The van der Waals surface area contributed by atoms with Crippen molar-refractivity contribution < 1.29 is 9.21 Å². The molecule has 24 heavy (non-hydrogen) atoms. The lowest BCUT2D eigenvalue weighted by Crippen LogP contribution is -2.42. The van der Waals surface area contributed by atoms with Gasteiger partial charge < -0.3 is 9.32 Å². The molecule has 5 heterocycles. The molecule has 0 aromatic carbocycles. The highest BCUT2D eigenvalue weighted by Gasteiger charge is 2.43. The average Bonchev–Trinajstić information content (AvgIpc) is 3.31. The highest BCUT2D eigenvalue weighted by molar-refractivity contribution is 5.77. The second kappa shape index (κ2) is 4.93. The van der Waals surface area contributed by atoms with E-state index in [1.165, 1.54) is 5.69 Å². The summed E-state index contributed by atoms with van der Waals surface area (Å²) < 4.78 is 7.39. The molecule has 5 rings (SSSR count). The predicted molar refractivity (Wildman–Crippen MR) is 87.3 cm³/mol. The Morgan fingerprint density at radius 3 is 3.12 bits per heavy atom. The van der Waals surface area contributed by atoms with Gasteiger partial charge in [0.2, 0.25) is 5.91 Å². The Hall–Kier alpha value is -2.63. The third kappa shape index (κ3) is 1.79. The maximum Gasteiger partial charge on any atom is 0.223 e. The van der Waals surface area contributed by atoms with Gasteiger partial charge in [0.15, 0.2) is 11.4 Å². The summed E-state index contributed by atoms with van der Waals surface area (Å²) in [6.07, 6.45) is 7.05. The zero-order valence-electron chi connectivity index (χ0n) is 13.5. The lowest BCUT2D eigenvalue weighted by Gasteiger charge is -2.36. The van der Waals surface area contributed by atoms with Crippen molar-refractivity contribution in [2.24, 2.45) is 0 Å². The van der Waals surface area contributed by atoms with E-state index in [0.717, 1.165) is 41.9 Å². The largest absolute Gasteiger partial charge is 0.463 e. The third-order valence-corrected chi connectivity index (χ3v) is 5.27. The molecule has 3 aromatic heterocycles. The second-order valence-corrected chi connectivity index (χ2v) is 6.54. The molecule has 6 heteroatoms. The van der Waals surface area contributed by atoms with Crippen molar-refractivity contribution in [1.29, 1.82) is 0 Å². The maximum absolute atomic E-state index is 12.3. The van der Waals surface area contributed by atoms with E-state index in [1.807, 2.05) is 35.8 Å². The summed E-state index contributed by atoms with van der Waals surface area (Å²) in [6.45, 7) is 1.93. The van der Waals surface area contributed by atoms with Crippen LogP contribution in [0.5, 0.6) is 0 Å². The van der Waals surface area contributed by atoms with Crippen LogP contribution in [0.4, 0.5) is 0 Å². The summed E-state index contributed by atoms with van der Waals surface area (Å²) in [7, 11) is 0. The van der Waals surface area contributed by atoms with E-state index < -0.39 is 0 Å². The molecule has 6 nitrogen and oxygen atoms in total. The van der Waals surface area contributed by atoms with Gasteiger partial charge in [-0.05, 0) is 25.0 Å². The SMILES string of the molecule is CCC(=O)N1[C@H]2CC[C@@H]1c1cnc3cc(-c4ccco4)nn3c1C2. The molecule has 1 fully saturated rings. The van der Waals surface area contributed by atoms with Gasteiger partial charge in [-0.2, -0.15) is 5.10 Å². The van der Waals surface area contributed by atoms with E-state index >= 15 is 0 Å². The molecular formula is C18H18N4O2. The number of carbonyl (C=O) groups excluding carboxylic acids is 1. The zero-order valence-corrected chi connectivity index (χ0v) is 13.5. The molecule has 1 amide bonds. The highest BCUT2D eigenvalue weighted by Crippen LogP contribution is 2.43. The van der Waals surface area contributed by atoms with E-state index in [9.17, 15) is 4.79 Å². The average molecular weight is 322 g/mol. The van der Waals surface area contributed by atoms with Crippen molar-refractivity contribution >= 4 is 11.6 Å². The monoisotopic (exact) mass is 322 g/mol. The highest BCUT2D eigenvalue weighted by atomic mass is 16.3. The summed E-state index contributed by atoms with van der Waals surface area (Å²) in [5.41, 5.74) is 3.95. The maximum atomic E-state index is 12.3. The molecule has 0 radical (unpaired) electrons. The van der Waals surface area contributed by atoms with Crippen LogP contribution in [0.3, 0.4) is 0 Å². The van der Waals surface area contributed by atoms with Gasteiger partial charge >= 0.3 is 0 Å². The van der Waals surface area contributed by atoms with Crippen LogP contribution in [0.1, 0.15) is 43.5 Å². The number of hydrogen-bond acceptors (Lipinski definition) is 4. The lowest BCUT2D eigenvalue weighted by molar-refractivity contribution is -0.134. The first kappa shape index (κ1) is 13.8. The molecule has 2 aliphatic rings. The fourth-order valence-corrected chi connectivity index (χ4v) is 4.19. The Labute approximate surface area is 139 Å².